The average molecular weight is 927 g/mol. The number of fused-ring (bicyclic) bond motifs is 6. The van der Waals surface area contributed by atoms with E-state index in [0.717, 1.165) is 122 Å². The molecule has 0 amide bonds. The maximum Gasteiger partial charge on any atom is 0.159 e. The highest BCUT2D eigenvalue weighted by atomic mass is 16.3. The normalized spacial score (nSPS) is 11.6. The molecule has 12 aromatic carbocycles. The Balaban J connectivity index is 0.00000249. The van der Waals surface area contributed by atoms with Crippen LogP contribution in [0.2, 0.25) is 0 Å². The minimum atomic E-state index is 0.852. The molecule has 0 saturated heterocycles. The van der Waals surface area contributed by atoms with Crippen molar-refractivity contribution in [2.75, 3.05) is 9.80 Å². The second-order valence-corrected chi connectivity index (χ2v) is 18.4. The van der Waals surface area contributed by atoms with Crippen LogP contribution in [0.3, 0.4) is 0 Å². The van der Waals surface area contributed by atoms with Gasteiger partial charge in [-0.2, -0.15) is 0 Å². The van der Waals surface area contributed by atoms with Crippen molar-refractivity contribution < 1.29 is 8.83 Å². The molecular formula is C68H50N2O2. The lowest BCUT2D eigenvalue weighted by molar-refractivity contribution is 0.665. The number of hydrogen-bond donors (Lipinski definition) is 0. The van der Waals surface area contributed by atoms with Gasteiger partial charge in [0.05, 0.1) is 34.1 Å². The van der Waals surface area contributed by atoms with Gasteiger partial charge in [0, 0.05) is 43.4 Å². The fourth-order valence-electron chi connectivity index (χ4n) is 11.2. The molecule has 14 aromatic rings. The van der Waals surface area contributed by atoms with Gasteiger partial charge < -0.3 is 18.6 Å². The zero-order chi connectivity index (χ0) is 48.5. The lowest BCUT2D eigenvalue weighted by atomic mass is 9.91. The number of benzene rings is 12. The summed E-state index contributed by atoms with van der Waals surface area (Å²) >= 11 is 0. The first kappa shape index (κ1) is 42.9. The predicted molar refractivity (Wildman–Crippen MR) is 306 cm³/mol. The number of furan rings is 2. The zero-order valence-electron chi connectivity index (χ0n) is 40.7. The van der Waals surface area contributed by atoms with E-state index in [9.17, 15) is 0 Å². The summed E-state index contributed by atoms with van der Waals surface area (Å²) in [5, 5.41) is 11.5. The molecule has 344 valence electrons. The number of nitrogens with zero attached hydrogens (tertiary/aromatic N) is 2. The second-order valence-electron chi connectivity index (χ2n) is 18.4. The van der Waals surface area contributed by atoms with E-state index in [1.165, 1.54) is 21.5 Å². The number of para-hydroxylation sites is 6. The molecule has 0 atom stereocenters. The van der Waals surface area contributed by atoms with Crippen LogP contribution in [-0.4, -0.2) is 0 Å². The van der Waals surface area contributed by atoms with E-state index in [1.54, 1.807) is 0 Å². The quantitative estimate of drug-likeness (QED) is 0.142. The minimum Gasteiger partial charge on any atom is -0.454 e. The Hall–Kier alpha value is -9.12. The van der Waals surface area contributed by atoms with Crippen LogP contribution in [-0.2, 0) is 0 Å². The third kappa shape index (κ3) is 6.67. The Morgan fingerprint density at radius 2 is 0.611 bits per heavy atom. The average Bonchev–Trinajstić information content (AvgIpc) is 4.04. The van der Waals surface area contributed by atoms with Crippen LogP contribution >= 0.6 is 0 Å². The van der Waals surface area contributed by atoms with Gasteiger partial charge in [0.15, 0.2) is 11.2 Å². The highest BCUT2D eigenvalue weighted by molar-refractivity contribution is 6.29. The molecule has 0 aliphatic carbocycles. The van der Waals surface area contributed by atoms with Crippen LogP contribution in [0.15, 0.2) is 239 Å². The highest BCUT2D eigenvalue weighted by Gasteiger charge is 2.28. The van der Waals surface area contributed by atoms with E-state index in [2.05, 4.69) is 254 Å². The van der Waals surface area contributed by atoms with Crippen LogP contribution in [0.1, 0.15) is 25.0 Å². The van der Waals surface area contributed by atoms with Crippen LogP contribution in [0, 0.1) is 13.8 Å². The van der Waals surface area contributed by atoms with Gasteiger partial charge >= 0.3 is 0 Å². The molecule has 0 fully saturated rings. The SMILES string of the molecule is CC.Cc1cccc2c1oc1c(N(c3ccccc3-c3ccccc3)c3ccc4ccc5c(N(c6ccccc6-c6ccccc6)c6cccc7c6oc6c(C)cccc67)ccc6ccc3c4c65)cccc12. The van der Waals surface area contributed by atoms with E-state index in [0.29, 0.717) is 0 Å². The third-order valence-corrected chi connectivity index (χ3v) is 14.4. The van der Waals surface area contributed by atoms with Gasteiger partial charge in [-0.25, -0.2) is 0 Å². The molecule has 4 nitrogen and oxygen atoms in total. The van der Waals surface area contributed by atoms with Crippen molar-refractivity contribution in [1.29, 1.82) is 0 Å². The summed E-state index contributed by atoms with van der Waals surface area (Å²) < 4.78 is 14.0. The van der Waals surface area contributed by atoms with E-state index >= 15 is 0 Å². The van der Waals surface area contributed by atoms with Crippen molar-refractivity contribution in [3.8, 4) is 22.3 Å². The molecule has 0 bridgehead atoms. The summed E-state index contributed by atoms with van der Waals surface area (Å²) in [6.07, 6.45) is 0. The molecule has 0 N–H and O–H groups in total. The number of aryl methyl sites for hydroxylation is 2. The van der Waals surface area contributed by atoms with Crippen molar-refractivity contribution in [2.24, 2.45) is 0 Å². The Morgan fingerprint density at radius 1 is 0.264 bits per heavy atom. The molecule has 72 heavy (non-hydrogen) atoms. The van der Waals surface area contributed by atoms with Gasteiger partial charge in [-0.05, 0) is 94.0 Å². The maximum atomic E-state index is 6.98. The van der Waals surface area contributed by atoms with E-state index < -0.39 is 0 Å². The van der Waals surface area contributed by atoms with Crippen LogP contribution < -0.4 is 9.80 Å². The van der Waals surface area contributed by atoms with Gasteiger partial charge in [-0.15, -0.1) is 0 Å². The standard InChI is InChI=1S/C66H44N2O2.C2H6/c1-41-17-13-25-49-51-27-15-31-59(65(51)69-63(41)49)67(55-29-11-9-23-47(55)43-19-5-3-6-20-43)57-39-35-45-34-38-54-58(40-36-46-33-37-53(57)61(45)62(46)54)68(56-30-12-10-24-48(56)44-21-7-4-8-22-44)60-32-16-28-52-50-26-14-18-42(2)64(50)70-66(52)60;1-2/h3-40H,1-2H3;1-2H3. The molecule has 14 rings (SSSR count). The van der Waals surface area contributed by atoms with Gasteiger partial charge in [0.25, 0.3) is 0 Å². The second kappa shape index (κ2) is 17.4. The lowest BCUT2D eigenvalue weighted by Crippen LogP contribution is -2.13. The Labute approximate surface area is 418 Å². The summed E-state index contributed by atoms with van der Waals surface area (Å²) in [6, 6.07) is 83.3. The summed E-state index contributed by atoms with van der Waals surface area (Å²) in [5.41, 5.74) is 16.5. The fraction of sp³-hybridized carbons (Fsp3) is 0.0588. The first-order valence-electron chi connectivity index (χ1n) is 25.0. The molecule has 0 saturated carbocycles. The van der Waals surface area contributed by atoms with Gasteiger partial charge in [-0.3, -0.25) is 0 Å². The molecule has 0 aliphatic heterocycles. The predicted octanol–water partition coefficient (Wildman–Crippen LogP) is 20.3. The molecule has 0 unspecified atom stereocenters. The number of rotatable bonds is 8. The minimum absolute atomic E-state index is 0.852. The van der Waals surface area contributed by atoms with Gasteiger partial charge in [0.1, 0.15) is 11.2 Å². The number of hydrogen-bond acceptors (Lipinski definition) is 4. The zero-order valence-corrected chi connectivity index (χ0v) is 40.7. The molecule has 0 aliphatic rings. The molecule has 2 heterocycles. The summed E-state index contributed by atoms with van der Waals surface area (Å²) in [4.78, 5) is 4.86. The van der Waals surface area contributed by atoms with E-state index in [4.69, 9.17) is 8.83 Å². The summed E-state index contributed by atoms with van der Waals surface area (Å²) in [6.45, 7) is 8.25. The van der Waals surface area contributed by atoms with Crippen molar-refractivity contribution in [2.45, 2.75) is 27.7 Å². The highest BCUT2D eigenvalue weighted by Crippen LogP contribution is 2.52. The van der Waals surface area contributed by atoms with Crippen molar-refractivity contribution in [3.63, 3.8) is 0 Å². The van der Waals surface area contributed by atoms with Crippen LogP contribution in [0.4, 0.5) is 34.1 Å². The van der Waals surface area contributed by atoms with Gasteiger partial charge in [0.2, 0.25) is 0 Å². The fourth-order valence-corrected chi connectivity index (χ4v) is 11.2. The molecule has 0 spiro atoms. The summed E-state index contributed by atoms with van der Waals surface area (Å²) in [5.74, 6) is 0. The lowest BCUT2D eigenvalue weighted by Gasteiger charge is -2.31. The van der Waals surface area contributed by atoms with Crippen molar-refractivity contribution in [1.82, 2.24) is 0 Å². The largest absolute Gasteiger partial charge is 0.454 e. The van der Waals surface area contributed by atoms with E-state index in [1.807, 2.05) is 13.8 Å². The Morgan fingerprint density at radius 3 is 1.04 bits per heavy atom. The third-order valence-electron chi connectivity index (χ3n) is 14.4. The summed E-state index contributed by atoms with van der Waals surface area (Å²) in [7, 11) is 0. The molecule has 2 aromatic heterocycles. The first-order valence-corrected chi connectivity index (χ1v) is 25.0. The first-order chi connectivity index (χ1) is 35.6. The molecule has 4 heteroatoms. The topological polar surface area (TPSA) is 32.8 Å². The van der Waals surface area contributed by atoms with Crippen molar-refractivity contribution >= 4 is 110 Å². The van der Waals surface area contributed by atoms with Gasteiger partial charge in [-0.1, -0.05) is 208 Å². The van der Waals surface area contributed by atoms with Crippen molar-refractivity contribution in [3.05, 3.63) is 242 Å². The monoisotopic (exact) mass is 926 g/mol. The van der Waals surface area contributed by atoms with Crippen LogP contribution in [0.25, 0.3) is 98.4 Å². The Kier molecular flexibility index (Phi) is 10.4. The maximum absolute atomic E-state index is 6.98. The molecular weight excluding hydrogens is 877 g/mol. The Bertz CT molecular complexity index is 4060. The van der Waals surface area contributed by atoms with Crippen LogP contribution in [0.5, 0.6) is 0 Å². The smallest absolute Gasteiger partial charge is 0.159 e. The number of anilines is 6. The molecule has 0 radical (unpaired) electrons. The van der Waals surface area contributed by atoms with E-state index in [-0.39, 0.29) is 0 Å².